The molecule has 0 aromatic carbocycles. The van der Waals surface area contributed by atoms with Gasteiger partial charge in [-0.15, -0.1) is 11.3 Å². The van der Waals surface area contributed by atoms with Crippen molar-refractivity contribution >= 4 is 23.2 Å². The number of aryl methyl sites for hydroxylation is 1. The maximum Gasteiger partial charge on any atom is 0.255 e. The van der Waals surface area contributed by atoms with Crippen LogP contribution in [0.5, 0.6) is 0 Å². The summed E-state index contributed by atoms with van der Waals surface area (Å²) in [7, 11) is 0. The molecule has 3 aliphatic heterocycles. The van der Waals surface area contributed by atoms with E-state index in [9.17, 15) is 4.79 Å². The third-order valence-electron chi connectivity index (χ3n) is 5.06. The Morgan fingerprint density at radius 1 is 1.25 bits per heavy atom. The molecule has 0 radical (unpaired) electrons. The van der Waals surface area contributed by atoms with E-state index in [0.29, 0.717) is 5.92 Å². The molecule has 3 saturated heterocycles. The topological polar surface area (TPSA) is 49.3 Å². The summed E-state index contributed by atoms with van der Waals surface area (Å²) in [5.41, 5.74) is 0.854. The predicted molar refractivity (Wildman–Crippen MR) is 95.5 cm³/mol. The van der Waals surface area contributed by atoms with Crippen molar-refractivity contribution in [3.8, 4) is 0 Å². The second-order valence-corrected chi connectivity index (χ2v) is 7.66. The maximum absolute atomic E-state index is 13.0. The molecule has 0 saturated carbocycles. The number of aromatic nitrogens is 2. The van der Waals surface area contributed by atoms with Gasteiger partial charge in [0.15, 0.2) is 0 Å². The Balaban J connectivity index is 1.55. The van der Waals surface area contributed by atoms with Crippen LogP contribution in [-0.2, 0) is 6.42 Å². The molecule has 5 heterocycles. The van der Waals surface area contributed by atoms with Crippen molar-refractivity contribution in [1.29, 1.82) is 0 Å². The molecular weight excluding hydrogens is 320 g/mol. The van der Waals surface area contributed by atoms with Crippen molar-refractivity contribution in [3.63, 3.8) is 0 Å². The van der Waals surface area contributed by atoms with Gasteiger partial charge in [-0.1, -0.05) is 6.92 Å². The Kier molecular flexibility index (Phi) is 4.22. The molecule has 6 heteroatoms. The van der Waals surface area contributed by atoms with Crippen molar-refractivity contribution in [1.82, 2.24) is 14.9 Å². The van der Waals surface area contributed by atoms with E-state index in [1.807, 2.05) is 11.4 Å². The highest BCUT2D eigenvalue weighted by Gasteiger charge is 2.38. The number of rotatable bonds is 3. The number of nitrogens with zero attached hydrogens (tertiary/aromatic N) is 4. The van der Waals surface area contributed by atoms with E-state index in [2.05, 4.69) is 32.8 Å². The summed E-state index contributed by atoms with van der Waals surface area (Å²) in [6, 6.07) is 4.15. The van der Waals surface area contributed by atoms with E-state index in [-0.39, 0.29) is 11.9 Å². The van der Waals surface area contributed by atoms with Crippen LogP contribution in [0.25, 0.3) is 0 Å². The molecule has 0 aliphatic carbocycles. The molecule has 126 valence electrons. The molecule has 24 heavy (non-hydrogen) atoms. The first-order valence-electron chi connectivity index (χ1n) is 8.65. The van der Waals surface area contributed by atoms with Crippen molar-refractivity contribution in [2.24, 2.45) is 5.92 Å². The van der Waals surface area contributed by atoms with Crippen LogP contribution >= 0.6 is 11.3 Å². The van der Waals surface area contributed by atoms with Crippen molar-refractivity contribution in [3.05, 3.63) is 40.3 Å². The summed E-state index contributed by atoms with van der Waals surface area (Å²) in [4.78, 5) is 27.4. The quantitative estimate of drug-likeness (QED) is 0.861. The van der Waals surface area contributed by atoms with Gasteiger partial charge in [-0.3, -0.25) is 4.79 Å². The van der Waals surface area contributed by atoms with Gasteiger partial charge >= 0.3 is 0 Å². The van der Waals surface area contributed by atoms with Gasteiger partial charge in [0.2, 0.25) is 5.95 Å². The normalized spacial score (nSPS) is 23.4. The fraction of sp³-hybridized carbons (Fsp3) is 0.500. The molecular formula is C18H22N4OS. The highest BCUT2D eigenvalue weighted by Crippen LogP contribution is 2.31. The minimum absolute atomic E-state index is 0.191. The minimum Gasteiger partial charge on any atom is -0.338 e. The zero-order chi connectivity index (χ0) is 16.5. The molecule has 1 amide bonds. The second-order valence-electron chi connectivity index (χ2n) is 6.66. The summed E-state index contributed by atoms with van der Waals surface area (Å²) in [6.45, 7) is 4.75. The van der Waals surface area contributed by atoms with Crippen molar-refractivity contribution in [2.75, 3.05) is 24.5 Å². The minimum atomic E-state index is 0.191. The number of carbonyl (C=O) groups excluding carboxylic acids is 1. The molecule has 5 nitrogen and oxygen atoms in total. The lowest BCUT2D eigenvalue weighted by molar-refractivity contribution is 0.0592. The van der Waals surface area contributed by atoms with Gasteiger partial charge in [-0.2, -0.15) is 0 Å². The Morgan fingerprint density at radius 2 is 2.08 bits per heavy atom. The zero-order valence-electron chi connectivity index (χ0n) is 13.9. The maximum atomic E-state index is 13.0. The number of carbonyl (C=O) groups is 1. The molecule has 5 rings (SSSR count). The molecule has 2 atom stereocenters. The van der Waals surface area contributed by atoms with Crippen LogP contribution in [0.2, 0.25) is 0 Å². The third-order valence-corrected chi connectivity index (χ3v) is 6.14. The van der Waals surface area contributed by atoms with Crippen LogP contribution in [0.15, 0.2) is 29.9 Å². The number of piperidine rings is 1. The zero-order valence-corrected chi connectivity index (χ0v) is 14.7. The first-order valence-corrected chi connectivity index (χ1v) is 9.53. The smallest absolute Gasteiger partial charge is 0.255 e. The summed E-state index contributed by atoms with van der Waals surface area (Å²) in [5, 5.41) is 2.01. The highest BCUT2D eigenvalue weighted by molar-refractivity contribution is 7.10. The van der Waals surface area contributed by atoms with E-state index in [1.54, 1.807) is 23.7 Å². The first-order chi connectivity index (χ1) is 11.7. The van der Waals surface area contributed by atoms with E-state index in [4.69, 9.17) is 0 Å². The van der Waals surface area contributed by atoms with Gasteiger partial charge in [0, 0.05) is 48.3 Å². The third kappa shape index (κ3) is 2.90. The molecule has 0 spiro atoms. The Bertz CT molecular complexity index is 717. The van der Waals surface area contributed by atoms with Gasteiger partial charge in [-0.05, 0) is 37.3 Å². The standard InChI is InChI=1S/C18H22N4OS/c1-2-16-8-14(12-24-16)17(23)22-10-13-4-5-15(22)11-21(9-13)18-19-6-3-7-20-18/h3,6-8,12-13,15H,2,4-5,9-11H2,1H3/t13-,15+/m0/s1. The average Bonchev–Trinajstić information content (AvgIpc) is 2.93. The number of anilines is 1. The second kappa shape index (κ2) is 6.51. The monoisotopic (exact) mass is 342 g/mol. The number of amides is 1. The van der Waals surface area contributed by atoms with E-state index < -0.39 is 0 Å². The van der Waals surface area contributed by atoms with Crippen LogP contribution in [0.3, 0.4) is 0 Å². The summed E-state index contributed by atoms with van der Waals surface area (Å²) in [6.07, 6.45) is 6.82. The van der Waals surface area contributed by atoms with Gasteiger partial charge in [0.25, 0.3) is 5.91 Å². The first kappa shape index (κ1) is 15.6. The van der Waals surface area contributed by atoms with Crippen molar-refractivity contribution < 1.29 is 4.79 Å². The fourth-order valence-electron chi connectivity index (χ4n) is 3.79. The molecule has 3 aliphatic rings. The van der Waals surface area contributed by atoms with Crippen LogP contribution < -0.4 is 4.90 Å². The lowest BCUT2D eigenvalue weighted by Crippen LogP contribution is -2.47. The fourth-order valence-corrected chi connectivity index (χ4v) is 4.60. The predicted octanol–water partition coefficient (Wildman–Crippen LogP) is 2.84. The van der Waals surface area contributed by atoms with Crippen LogP contribution in [0.4, 0.5) is 5.95 Å². The number of hydrogen-bond donors (Lipinski definition) is 0. The summed E-state index contributed by atoms with van der Waals surface area (Å²) >= 11 is 1.69. The summed E-state index contributed by atoms with van der Waals surface area (Å²) in [5.74, 6) is 1.48. The molecule has 0 N–H and O–H groups in total. The van der Waals surface area contributed by atoms with Gasteiger partial charge in [0.05, 0.1) is 5.56 Å². The van der Waals surface area contributed by atoms with Crippen LogP contribution in [-0.4, -0.2) is 46.5 Å². The van der Waals surface area contributed by atoms with E-state index in [0.717, 1.165) is 44.0 Å². The van der Waals surface area contributed by atoms with Crippen LogP contribution in [0.1, 0.15) is 35.0 Å². The lowest BCUT2D eigenvalue weighted by Gasteiger charge is -2.35. The average molecular weight is 342 g/mol. The number of thiophene rings is 1. The Hall–Kier alpha value is -1.95. The molecule has 0 unspecified atom stereocenters. The van der Waals surface area contributed by atoms with E-state index in [1.165, 1.54) is 11.3 Å². The SMILES string of the molecule is CCc1cc(C(=O)N2C[C@H]3CC[C@@H]2CN(c2ncccn2)C3)cs1. The molecule has 2 aromatic heterocycles. The number of fused-ring (bicyclic) bond motifs is 4. The van der Waals surface area contributed by atoms with E-state index >= 15 is 0 Å². The molecule has 2 aromatic rings. The highest BCUT2D eigenvalue weighted by atomic mass is 32.1. The molecule has 2 bridgehead atoms. The lowest BCUT2D eigenvalue weighted by atomic mass is 9.94. The summed E-state index contributed by atoms with van der Waals surface area (Å²) < 4.78 is 0. The Labute approximate surface area is 146 Å². The largest absolute Gasteiger partial charge is 0.338 e. The van der Waals surface area contributed by atoms with Gasteiger partial charge in [0.1, 0.15) is 0 Å². The number of hydrogen-bond acceptors (Lipinski definition) is 5. The van der Waals surface area contributed by atoms with Gasteiger partial charge < -0.3 is 9.80 Å². The Morgan fingerprint density at radius 3 is 2.83 bits per heavy atom. The van der Waals surface area contributed by atoms with Crippen molar-refractivity contribution in [2.45, 2.75) is 32.2 Å². The van der Waals surface area contributed by atoms with Gasteiger partial charge in [-0.25, -0.2) is 9.97 Å². The molecule has 3 fully saturated rings. The van der Waals surface area contributed by atoms with Crippen LogP contribution in [0, 0.1) is 5.92 Å².